The quantitative estimate of drug-likeness (QED) is 0.749. The van der Waals surface area contributed by atoms with Gasteiger partial charge in [-0.15, -0.1) is 0 Å². The number of carbonyl (C=O) groups excluding carboxylic acids is 1. The van der Waals surface area contributed by atoms with Gasteiger partial charge in [-0.2, -0.15) is 0 Å². The molecule has 0 aliphatic rings. The third-order valence-corrected chi connectivity index (χ3v) is 2.18. The average Bonchev–Trinajstić information content (AvgIpc) is 2.18. The fourth-order valence-electron chi connectivity index (χ4n) is 1.08. The molecule has 70 valence electrons. The summed E-state index contributed by atoms with van der Waals surface area (Å²) in [5, 5.41) is 0. The Kier molecular flexibility index (Phi) is 3.83. The Morgan fingerprint density at radius 1 is 1.54 bits per heavy atom. The molecule has 1 aromatic carbocycles. The van der Waals surface area contributed by atoms with Gasteiger partial charge in [-0.25, -0.2) is 0 Å². The highest BCUT2D eigenvalue weighted by Gasteiger charge is 2.03. The largest absolute Gasteiger partial charge is 0.296 e. The van der Waals surface area contributed by atoms with Crippen molar-refractivity contribution in [2.24, 2.45) is 0 Å². The summed E-state index contributed by atoms with van der Waals surface area (Å²) in [6, 6.07) is 7.68. The first-order valence-electron chi connectivity index (χ1n) is 4.20. The van der Waals surface area contributed by atoms with E-state index in [0.29, 0.717) is 0 Å². The maximum Gasteiger partial charge on any atom is 0.261 e. The SMILES string of the molecule is CCc1cccc(C(=O)NSC)c1. The van der Waals surface area contributed by atoms with Crippen molar-refractivity contribution in [1.82, 2.24) is 4.72 Å². The molecule has 0 unspecified atom stereocenters. The minimum Gasteiger partial charge on any atom is -0.296 e. The van der Waals surface area contributed by atoms with E-state index >= 15 is 0 Å². The summed E-state index contributed by atoms with van der Waals surface area (Å²) in [6.45, 7) is 2.07. The van der Waals surface area contributed by atoms with E-state index in [0.717, 1.165) is 12.0 Å². The van der Waals surface area contributed by atoms with E-state index in [1.165, 1.54) is 17.5 Å². The molecule has 3 heteroatoms. The van der Waals surface area contributed by atoms with Gasteiger partial charge in [0.15, 0.2) is 0 Å². The predicted molar refractivity (Wildman–Crippen MR) is 56.8 cm³/mol. The van der Waals surface area contributed by atoms with Gasteiger partial charge >= 0.3 is 0 Å². The van der Waals surface area contributed by atoms with E-state index in [1.807, 2.05) is 30.5 Å². The molecule has 0 aliphatic carbocycles. The summed E-state index contributed by atoms with van der Waals surface area (Å²) < 4.78 is 2.69. The van der Waals surface area contributed by atoms with Gasteiger partial charge in [-0.1, -0.05) is 31.0 Å². The Labute approximate surface area is 82.9 Å². The Hall–Kier alpha value is -0.960. The zero-order valence-electron chi connectivity index (χ0n) is 7.83. The molecule has 0 spiro atoms. The van der Waals surface area contributed by atoms with Gasteiger partial charge < -0.3 is 0 Å². The van der Waals surface area contributed by atoms with Gasteiger partial charge in [0.25, 0.3) is 5.91 Å². The number of rotatable bonds is 3. The minimum absolute atomic E-state index is 0.0252. The molecular formula is C10H13NOS. The molecule has 1 rings (SSSR count). The Balaban J connectivity index is 2.82. The van der Waals surface area contributed by atoms with Crippen molar-refractivity contribution in [2.45, 2.75) is 13.3 Å². The number of nitrogens with one attached hydrogen (secondary N) is 1. The first kappa shape index (κ1) is 10.1. The normalized spacial score (nSPS) is 9.69. The number of benzene rings is 1. The number of hydrogen-bond donors (Lipinski definition) is 1. The van der Waals surface area contributed by atoms with E-state index in [9.17, 15) is 4.79 Å². The molecular weight excluding hydrogens is 182 g/mol. The number of carbonyl (C=O) groups is 1. The molecule has 0 saturated carbocycles. The molecule has 1 aromatic rings. The van der Waals surface area contributed by atoms with Crippen LogP contribution in [0.1, 0.15) is 22.8 Å². The van der Waals surface area contributed by atoms with Crippen molar-refractivity contribution >= 4 is 17.9 Å². The van der Waals surface area contributed by atoms with Gasteiger partial charge in [-0.05, 0) is 24.1 Å². The molecule has 13 heavy (non-hydrogen) atoms. The third-order valence-electron chi connectivity index (χ3n) is 1.79. The molecule has 0 heterocycles. The van der Waals surface area contributed by atoms with E-state index < -0.39 is 0 Å². The molecule has 0 bridgehead atoms. The van der Waals surface area contributed by atoms with Crippen molar-refractivity contribution in [1.29, 1.82) is 0 Å². The summed E-state index contributed by atoms with van der Waals surface area (Å²) in [5.41, 5.74) is 1.92. The molecule has 1 N–H and O–H groups in total. The molecule has 1 amide bonds. The smallest absolute Gasteiger partial charge is 0.261 e. The highest BCUT2D eigenvalue weighted by molar-refractivity contribution is 7.97. The standard InChI is InChI=1S/C10H13NOS/c1-3-8-5-4-6-9(7-8)10(12)11-13-2/h4-7H,3H2,1-2H3,(H,11,12). The summed E-state index contributed by atoms with van der Waals surface area (Å²) >= 11 is 1.32. The van der Waals surface area contributed by atoms with Crippen LogP contribution in [0.3, 0.4) is 0 Å². The molecule has 0 saturated heterocycles. The van der Waals surface area contributed by atoms with Crippen LogP contribution in [0.4, 0.5) is 0 Å². The monoisotopic (exact) mass is 195 g/mol. The lowest BCUT2D eigenvalue weighted by Gasteiger charge is -2.02. The van der Waals surface area contributed by atoms with Crippen LogP contribution in [-0.2, 0) is 6.42 Å². The molecule has 2 nitrogen and oxygen atoms in total. The zero-order chi connectivity index (χ0) is 9.68. The topological polar surface area (TPSA) is 29.1 Å². The van der Waals surface area contributed by atoms with Crippen molar-refractivity contribution in [3.8, 4) is 0 Å². The number of aryl methyl sites for hydroxylation is 1. The van der Waals surface area contributed by atoms with Crippen molar-refractivity contribution in [3.63, 3.8) is 0 Å². The van der Waals surface area contributed by atoms with Gasteiger partial charge in [0.2, 0.25) is 0 Å². The summed E-state index contributed by atoms with van der Waals surface area (Å²) in [6.07, 6.45) is 2.79. The van der Waals surface area contributed by atoms with Crippen molar-refractivity contribution < 1.29 is 4.79 Å². The van der Waals surface area contributed by atoms with Crippen LogP contribution in [-0.4, -0.2) is 12.2 Å². The maximum atomic E-state index is 11.4. The Morgan fingerprint density at radius 3 is 2.92 bits per heavy atom. The fraction of sp³-hybridized carbons (Fsp3) is 0.300. The predicted octanol–water partition coefficient (Wildman–Crippen LogP) is 2.26. The van der Waals surface area contributed by atoms with Crippen LogP contribution in [0, 0.1) is 0 Å². The number of amides is 1. The van der Waals surface area contributed by atoms with Crippen LogP contribution in [0.25, 0.3) is 0 Å². The third kappa shape index (κ3) is 2.77. The van der Waals surface area contributed by atoms with Crippen molar-refractivity contribution in [3.05, 3.63) is 35.4 Å². The second-order valence-electron chi connectivity index (χ2n) is 2.69. The molecule has 0 aromatic heterocycles. The highest BCUT2D eigenvalue weighted by Crippen LogP contribution is 2.06. The zero-order valence-corrected chi connectivity index (χ0v) is 8.65. The van der Waals surface area contributed by atoms with Gasteiger partial charge in [0.05, 0.1) is 0 Å². The molecule has 0 fully saturated rings. The van der Waals surface area contributed by atoms with Crippen molar-refractivity contribution in [2.75, 3.05) is 6.26 Å². The van der Waals surface area contributed by atoms with E-state index in [-0.39, 0.29) is 5.91 Å². The van der Waals surface area contributed by atoms with Crippen LogP contribution < -0.4 is 4.72 Å². The maximum absolute atomic E-state index is 11.4. The minimum atomic E-state index is -0.0252. The molecule has 0 radical (unpaired) electrons. The first-order chi connectivity index (χ1) is 6.27. The van der Waals surface area contributed by atoms with Crippen LogP contribution in [0.2, 0.25) is 0 Å². The first-order valence-corrected chi connectivity index (χ1v) is 5.42. The highest BCUT2D eigenvalue weighted by atomic mass is 32.2. The number of hydrogen-bond acceptors (Lipinski definition) is 2. The molecule has 0 atom stereocenters. The molecule has 0 aliphatic heterocycles. The Morgan fingerprint density at radius 2 is 2.31 bits per heavy atom. The van der Waals surface area contributed by atoms with E-state index in [4.69, 9.17) is 0 Å². The fourth-order valence-corrected chi connectivity index (χ4v) is 1.39. The van der Waals surface area contributed by atoms with Crippen LogP contribution in [0.5, 0.6) is 0 Å². The Bertz CT molecular complexity index is 299. The summed E-state index contributed by atoms with van der Waals surface area (Å²) in [7, 11) is 0. The van der Waals surface area contributed by atoms with E-state index in [1.54, 1.807) is 0 Å². The van der Waals surface area contributed by atoms with Gasteiger partial charge in [0, 0.05) is 11.8 Å². The average molecular weight is 195 g/mol. The lowest BCUT2D eigenvalue weighted by atomic mass is 10.1. The second-order valence-corrected chi connectivity index (χ2v) is 3.30. The van der Waals surface area contributed by atoms with Gasteiger partial charge in [0.1, 0.15) is 0 Å². The van der Waals surface area contributed by atoms with E-state index in [2.05, 4.69) is 11.6 Å². The lowest BCUT2D eigenvalue weighted by Crippen LogP contribution is -2.15. The van der Waals surface area contributed by atoms with Crippen LogP contribution >= 0.6 is 11.9 Å². The summed E-state index contributed by atoms with van der Waals surface area (Å²) in [4.78, 5) is 11.4. The second kappa shape index (κ2) is 4.92. The van der Waals surface area contributed by atoms with Crippen LogP contribution in [0.15, 0.2) is 24.3 Å². The lowest BCUT2D eigenvalue weighted by molar-refractivity contribution is 0.0984. The van der Waals surface area contributed by atoms with Gasteiger partial charge in [-0.3, -0.25) is 9.52 Å². The summed E-state index contributed by atoms with van der Waals surface area (Å²) in [5.74, 6) is -0.0252.